The average molecular weight is 460 g/mol. The third-order valence-electron chi connectivity index (χ3n) is 5.83. The molecule has 30 heavy (non-hydrogen) atoms. The van der Waals surface area contributed by atoms with Gasteiger partial charge in [-0.2, -0.15) is 0 Å². The van der Waals surface area contributed by atoms with Crippen LogP contribution in [0.2, 0.25) is 0 Å². The van der Waals surface area contributed by atoms with E-state index < -0.39 is 43.4 Å². The molecule has 0 saturated carbocycles. The molecule has 0 bridgehead atoms. The van der Waals surface area contributed by atoms with Crippen molar-refractivity contribution < 1.29 is 28.9 Å². The van der Waals surface area contributed by atoms with E-state index in [0.717, 1.165) is 0 Å². The Kier molecular flexibility index (Phi) is 6.83. The molecule has 4 N–H and O–H groups in total. The molecule has 1 aliphatic rings. The molecule has 0 spiro atoms. The predicted molar refractivity (Wildman–Crippen MR) is 113 cm³/mol. The molecule has 5 atom stereocenters. The number of nitrogens with zero attached hydrogens (tertiary/aromatic N) is 3. The highest BCUT2D eigenvalue weighted by Gasteiger charge is 2.49. The monoisotopic (exact) mass is 460 g/mol. The van der Waals surface area contributed by atoms with Crippen LogP contribution in [0.1, 0.15) is 53.2 Å². The highest BCUT2D eigenvalue weighted by atomic mass is 32.1. The fourth-order valence-electron chi connectivity index (χ4n) is 3.65. The van der Waals surface area contributed by atoms with Crippen molar-refractivity contribution >= 4 is 31.0 Å². The van der Waals surface area contributed by atoms with Crippen LogP contribution in [0.3, 0.4) is 0 Å². The van der Waals surface area contributed by atoms with Crippen LogP contribution in [-0.2, 0) is 13.8 Å². The van der Waals surface area contributed by atoms with E-state index in [-0.39, 0.29) is 6.42 Å². The first-order valence-electron chi connectivity index (χ1n) is 10.00. The van der Waals surface area contributed by atoms with Crippen LogP contribution in [0.15, 0.2) is 12.7 Å². The summed E-state index contributed by atoms with van der Waals surface area (Å²) in [5, 5.41) is 21.3. The molecule has 0 aromatic carbocycles. The van der Waals surface area contributed by atoms with Gasteiger partial charge in [-0.3, -0.25) is 9.13 Å². The van der Waals surface area contributed by atoms with Gasteiger partial charge in [0, 0.05) is 6.42 Å². The Bertz CT molecular complexity index is 990. The van der Waals surface area contributed by atoms with Gasteiger partial charge in [0.25, 0.3) is 0 Å². The second-order valence-corrected chi connectivity index (χ2v) is 10.7. The number of aromatic nitrogens is 4. The van der Waals surface area contributed by atoms with E-state index in [1.165, 1.54) is 12.7 Å². The number of fused-ring (bicyclic) bond motifs is 1. The first-order valence-corrected chi connectivity index (χ1v) is 12.1. The Morgan fingerprint density at radius 3 is 2.60 bits per heavy atom. The van der Waals surface area contributed by atoms with Gasteiger partial charge in [-0.05, 0) is 12.8 Å². The number of hydrogen-bond acceptors (Lipinski definition) is 8. The number of ether oxygens (including phenoxy) is 1. The van der Waals surface area contributed by atoms with Gasteiger partial charge in [-0.25, -0.2) is 9.97 Å². The normalized spacial score (nSPS) is 27.1. The van der Waals surface area contributed by atoms with Gasteiger partial charge in [0.1, 0.15) is 23.4 Å². The van der Waals surface area contributed by atoms with E-state index in [4.69, 9.17) is 21.5 Å². The number of nitrogens with one attached hydrogen (secondary N) is 1. The largest absolute Gasteiger partial charge is 0.388 e. The number of hydrogen-bond donors (Lipinski definition) is 4. The number of H-pyrrole nitrogens is 1. The van der Waals surface area contributed by atoms with Gasteiger partial charge < -0.3 is 29.4 Å². The molecular weight excluding hydrogens is 431 g/mol. The molecule has 0 amide bonds. The number of aliphatic hydroxyl groups is 2. The van der Waals surface area contributed by atoms with Crippen molar-refractivity contribution in [2.75, 3.05) is 0 Å². The summed E-state index contributed by atoms with van der Waals surface area (Å²) < 4.78 is 26.2. The van der Waals surface area contributed by atoms with Crippen molar-refractivity contribution in [1.82, 2.24) is 19.5 Å². The number of rotatable bonds is 8. The molecule has 0 aliphatic carbocycles. The van der Waals surface area contributed by atoms with E-state index in [2.05, 4.69) is 15.0 Å². The fraction of sp³-hybridized carbons (Fsp3) is 0.722. The second-order valence-electron chi connectivity index (χ2n) is 7.95. The lowest BCUT2D eigenvalue weighted by atomic mass is 9.88. The number of aromatic amines is 1. The van der Waals surface area contributed by atoms with Crippen molar-refractivity contribution in [3.63, 3.8) is 0 Å². The van der Waals surface area contributed by atoms with E-state index >= 15 is 0 Å². The Hall–Kier alpha value is -1.20. The minimum absolute atomic E-state index is 0.149. The third-order valence-corrected chi connectivity index (χ3v) is 8.08. The lowest BCUT2D eigenvalue weighted by molar-refractivity contribution is -0.0712. The SMILES string of the molecule is CCC(CC)(CC1OC(n2cnc3c(=S)nc[nH]c32)C(O)C1O)OP(=O)(O)C(C)C. The maximum Gasteiger partial charge on any atom is 0.331 e. The summed E-state index contributed by atoms with van der Waals surface area (Å²) >= 11 is 5.17. The molecule has 3 heterocycles. The maximum absolute atomic E-state index is 12.5. The molecule has 5 unspecified atom stereocenters. The van der Waals surface area contributed by atoms with Gasteiger partial charge in [-0.1, -0.05) is 39.9 Å². The lowest BCUT2D eigenvalue weighted by Crippen LogP contribution is -2.40. The van der Waals surface area contributed by atoms with E-state index in [9.17, 15) is 19.7 Å². The summed E-state index contributed by atoms with van der Waals surface area (Å²) in [6, 6.07) is 0. The van der Waals surface area contributed by atoms with Crippen LogP contribution >= 0.6 is 19.8 Å². The van der Waals surface area contributed by atoms with Crippen molar-refractivity contribution in [1.29, 1.82) is 0 Å². The zero-order valence-electron chi connectivity index (χ0n) is 17.4. The Balaban J connectivity index is 1.87. The minimum atomic E-state index is -3.85. The van der Waals surface area contributed by atoms with Crippen LogP contribution < -0.4 is 0 Å². The Morgan fingerprint density at radius 2 is 2.00 bits per heavy atom. The highest BCUT2D eigenvalue weighted by Crippen LogP contribution is 2.53. The van der Waals surface area contributed by atoms with Crippen molar-refractivity contribution in [3.05, 3.63) is 17.3 Å². The van der Waals surface area contributed by atoms with Gasteiger partial charge in [0.15, 0.2) is 10.9 Å². The van der Waals surface area contributed by atoms with E-state index in [0.29, 0.717) is 28.6 Å². The van der Waals surface area contributed by atoms with Crippen LogP contribution in [-0.4, -0.2) is 64.2 Å². The smallest absolute Gasteiger partial charge is 0.331 e. The summed E-state index contributed by atoms with van der Waals surface area (Å²) in [5.41, 5.74) is -0.564. The molecule has 12 heteroatoms. The first-order chi connectivity index (χ1) is 14.0. The number of imidazole rings is 1. The molecular formula is C18H29N4O6PS. The molecule has 2 aromatic heterocycles. The quantitative estimate of drug-likeness (QED) is 0.345. The molecule has 10 nitrogen and oxygen atoms in total. The number of aliphatic hydroxyl groups excluding tert-OH is 2. The van der Waals surface area contributed by atoms with Crippen LogP contribution in [0.5, 0.6) is 0 Å². The van der Waals surface area contributed by atoms with Gasteiger partial charge >= 0.3 is 7.60 Å². The standard InChI is InChI=1S/C18H29N4O6PS/c1-5-18(6-2,28-29(25,26)10(3)4)7-11-13(23)14(24)17(27-11)22-9-21-12-15(22)19-8-20-16(12)30/h8-11,13-14,17,23-24H,5-7H2,1-4H3,(H,25,26)(H,19,20,30). The van der Waals surface area contributed by atoms with Gasteiger partial charge in [0.2, 0.25) is 0 Å². The molecule has 0 radical (unpaired) electrons. The van der Waals surface area contributed by atoms with Crippen LogP contribution in [0, 0.1) is 4.64 Å². The molecule has 3 rings (SSSR count). The molecule has 1 saturated heterocycles. The van der Waals surface area contributed by atoms with Crippen molar-refractivity contribution in [2.24, 2.45) is 0 Å². The van der Waals surface area contributed by atoms with E-state index in [1.54, 1.807) is 18.4 Å². The first kappa shape index (κ1) is 23.5. The third kappa shape index (κ3) is 4.25. The molecule has 2 aromatic rings. The summed E-state index contributed by atoms with van der Waals surface area (Å²) in [6.07, 6.45) is -0.241. The topological polar surface area (TPSA) is 143 Å². The summed E-state index contributed by atoms with van der Waals surface area (Å²) in [4.78, 5) is 21.4. The molecule has 1 fully saturated rings. The highest BCUT2D eigenvalue weighted by molar-refractivity contribution is 7.71. The average Bonchev–Trinajstić information content (AvgIpc) is 3.24. The molecule has 168 valence electrons. The maximum atomic E-state index is 12.5. The van der Waals surface area contributed by atoms with Crippen molar-refractivity contribution in [2.45, 2.75) is 82.8 Å². The predicted octanol–water partition coefficient (Wildman–Crippen LogP) is 2.67. The lowest BCUT2D eigenvalue weighted by Gasteiger charge is -2.37. The molecule has 1 aliphatic heterocycles. The minimum Gasteiger partial charge on any atom is -0.388 e. The summed E-state index contributed by atoms with van der Waals surface area (Å²) in [5.74, 6) is 0. The van der Waals surface area contributed by atoms with Crippen LogP contribution in [0.4, 0.5) is 0 Å². The zero-order chi connectivity index (χ0) is 22.3. The zero-order valence-corrected chi connectivity index (χ0v) is 19.1. The second kappa shape index (κ2) is 8.74. The summed E-state index contributed by atoms with van der Waals surface area (Å²) in [6.45, 7) is 6.96. The van der Waals surface area contributed by atoms with Crippen LogP contribution in [0.25, 0.3) is 11.2 Å². The van der Waals surface area contributed by atoms with Crippen molar-refractivity contribution in [3.8, 4) is 0 Å². The fourth-order valence-corrected chi connectivity index (χ4v) is 4.95. The summed E-state index contributed by atoms with van der Waals surface area (Å²) in [7, 11) is -3.85. The van der Waals surface area contributed by atoms with E-state index in [1.807, 2.05) is 13.8 Å². The Morgan fingerprint density at radius 1 is 1.33 bits per heavy atom. The van der Waals surface area contributed by atoms with Gasteiger partial charge in [-0.15, -0.1) is 0 Å². The van der Waals surface area contributed by atoms with Gasteiger partial charge in [0.05, 0.1) is 30.0 Å². The Labute approximate surface area is 179 Å².